The fraction of sp³-hybridized carbons (Fsp3) is 0.0769. The van der Waals surface area contributed by atoms with Gasteiger partial charge in [-0.25, -0.2) is 4.98 Å². The first kappa shape index (κ1) is 12.9. The molecule has 1 aromatic heterocycles. The molecule has 0 bridgehead atoms. The van der Waals surface area contributed by atoms with Crippen molar-refractivity contribution in [3.63, 3.8) is 0 Å². The van der Waals surface area contributed by atoms with Gasteiger partial charge in [0.2, 0.25) is 0 Å². The first-order valence-corrected chi connectivity index (χ1v) is 6.02. The molecule has 1 aromatic carbocycles. The van der Waals surface area contributed by atoms with Crippen molar-refractivity contribution in [2.45, 2.75) is 6.92 Å². The highest BCUT2D eigenvalue weighted by atomic mass is 35.5. The second kappa shape index (κ2) is 5.38. The SMILES string of the molecule is Cc1cccc(C(=O)Nc2ccc(Cl)c(Cl)c2)n1. The predicted molar refractivity (Wildman–Crippen MR) is 73.4 cm³/mol. The first-order valence-electron chi connectivity index (χ1n) is 5.26. The van der Waals surface area contributed by atoms with Gasteiger partial charge in [-0.15, -0.1) is 0 Å². The molecule has 1 N–H and O–H groups in total. The Kier molecular flexibility index (Phi) is 3.84. The van der Waals surface area contributed by atoms with Gasteiger partial charge in [-0.3, -0.25) is 4.79 Å². The molecule has 2 aromatic rings. The fourth-order valence-corrected chi connectivity index (χ4v) is 1.74. The molecule has 92 valence electrons. The summed E-state index contributed by atoms with van der Waals surface area (Å²) in [6.45, 7) is 1.83. The van der Waals surface area contributed by atoms with E-state index in [1.165, 1.54) is 0 Å². The minimum atomic E-state index is -0.280. The molecule has 2 rings (SSSR count). The monoisotopic (exact) mass is 280 g/mol. The van der Waals surface area contributed by atoms with Crippen LogP contribution in [-0.2, 0) is 0 Å². The van der Waals surface area contributed by atoms with Crippen LogP contribution in [0.3, 0.4) is 0 Å². The Morgan fingerprint density at radius 3 is 2.61 bits per heavy atom. The Morgan fingerprint density at radius 1 is 1.17 bits per heavy atom. The van der Waals surface area contributed by atoms with Crippen LogP contribution >= 0.6 is 23.2 Å². The van der Waals surface area contributed by atoms with Crippen LogP contribution in [0, 0.1) is 6.92 Å². The molecule has 0 spiro atoms. The summed E-state index contributed by atoms with van der Waals surface area (Å²) in [6, 6.07) is 10.2. The number of benzene rings is 1. The number of amides is 1. The van der Waals surface area contributed by atoms with Crippen LogP contribution in [0.2, 0.25) is 10.0 Å². The van der Waals surface area contributed by atoms with Crippen molar-refractivity contribution in [1.82, 2.24) is 4.98 Å². The number of pyridine rings is 1. The summed E-state index contributed by atoms with van der Waals surface area (Å²) < 4.78 is 0. The molecule has 0 aliphatic rings. The van der Waals surface area contributed by atoms with Gasteiger partial charge in [-0.05, 0) is 37.3 Å². The van der Waals surface area contributed by atoms with Crippen LogP contribution in [0.25, 0.3) is 0 Å². The van der Waals surface area contributed by atoms with Gasteiger partial charge in [0.15, 0.2) is 0 Å². The number of halogens is 2. The molecule has 0 fully saturated rings. The van der Waals surface area contributed by atoms with E-state index in [-0.39, 0.29) is 5.91 Å². The van der Waals surface area contributed by atoms with Crippen molar-refractivity contribution < 1.29 is 4.79 Å². The number of anilines is 1. The quantitative estimate of drug-likeness (QED) is 0.905. The highest BCUT2D eigenvalue weighted by molar-refractivity contribution is 6.42. The molecule has 0 saturated carbocycles. The van der Waals surface area contributed by atoms with Crippen molar-refractivity contribution in [3.8, 4) is 0 Å². The first-order chi connectivity index (χ1) is 8.56. The summed E-state index contributed by atoms with van der Waals surface area (Å²) in [7, 11) is 0. The maximum absolute atomic E-state index is 11.9. The van der Waals surface area contributed by atoms with Gasteiger partial charge >= 0.3 is 0 Å². The predicted octanol–water partition coefficient (Wildman–Crippen LogP) is 3.95. The van der Waals surface area contributed by atoms with Crippen LogP contribution in [0.4, 0.5) is 5.69 Å². The number of nitrogens with zero attached hydrogens (tertiary/aromatic N) is 1. The normalized spacial score (nSPS) is 10.2. The maximum atomic E-state index is 11.9. The third kappa shape index (κ3) is 3.00. The van der Waals surface area contributed by atoms with E-state index in [4.69, 9.17) is 23.2 Å². The highest BCUT2D eigenvalue weighted by Gasteiger charge is 2.08. The second-order valence-corrected chi connectivity index (χ2v) is 4.56. The highest BCUT2D eigenvalue weighted by Crippen LogP contribution is 2.25. The topological polar surface area (TPSA) is 42.0 Å². The Hall–Kier alpha value is -1.58. The van der Waals surface area contributed by atoms with Crippen LogP contribution < -0.4 is 5.32 Å². The van der Waals surface area contributed by atoms with Gasteiger partial charge in [0, 0.05) is 11.4 Å². The minimum Gasteiger partial charge on any atom is -0.321 e. The standard InChI is InChI=1S/C13H10Cl2N2O/c1-8-3-2-4-12(16-8)13(18)17-9-5-6-10(14)11(15)7-9/h2-7H,1H3,(H,17,18). The average Bonchev–Trinajstić information content (AvgIpc) is 2.34. The van der Waals surface area contributed by atoms with E-state index in [0.717, 1.165) is 5.69 Å². The number of aryl methyl sites for hydroxylation is 1. The largest absolute Gasteiger partial charge is 0.321 e. The second-order valence-electron chi connectivity index (χ2n) is 3.75. The molecular weight excluding hydrogens is 271 g/mol. The lowest BCUT2D eigenvalue weighted by atomic mass is 10.2. The molecule has 0 atom stereocenters. The number of hydrogen-bond donors (Lipinski definition) is 1. The number of rotatable bonds is 2. The summed E-state index contributed by atoms with van der Waals surface area (Å²) in [5.74, 6) is -0.280. The Labute approximate surface area is 115 Å². The summed E-state index contributed by atoms with van der Waals surface area (Å²) in [5.41, 5.74) is 1.73. The zero-order chi connectivity index (χ0) is 13.1. The van der Waals surface area contributed by atoms with E-state index < -0.39 is 0 Å². The molecule has 18 heavy (non-hydrogen) atoms. The van der Waals surface area contributed by atoms with E-state index in [0.29, 0.717) is 21.4 Å². The zero-order valence-electron chi connectivity index (χ0n) is 9.58. The van der Waals surface area contributed by atoms with Crippen molar-refractivity contribution in [1.29, 1.82) is 0 Å². The van der Waals surface area contributed by atoms with Crippen LogP contribution in [0.1, 0.15) is 16.2 Å². The number of carbonyl (C=O) groups is 1. The number of carbonyl (C=O) groups excluding carboxylic acids is 1. The summed E-state index contributed by atoms with van der Waals surface area (Å²) in [4.78, 5) is 16.1. The fourth-order valence-electron chi connectivity index (χ4n) is 1.44. The van der Waals surface area contributed by atoms with Crippen LogP contribution in [-0.4, -0.2) is 10.9 Å². The van der Waals surface area contributed by atoms with Crippen molar-refractivity contribution in [2.24, 2.45) is 0 Å². The van der Waals surface area contributed by atoms with E-state index >= 15 is 0 Å². The van der Waals surface area contributed by atoms with Gasteiger partial charge < -0.3 is 5.32 Å². The number of hydrogen-bond acceptors (Lipinski definition) is 2. The molecule has 0 aliphatic heterocycles. The van der Waals surface area contributed by atoms with Crippen molar-refractivity contribution >= 4 is 34.8 Å². The van der Waals surface area contributed by atoms with Gasteiger partial charge in [0.25, 0.3) is 5.91 Å². The Balaban J connectivity index is 2.18. The lowest BCUT2D eigenvalue weighted by Crippen LogP contribution is -2.13. The van der Waals surface area contributed by atoms with Gasteiger partial charge in [0.1, 0.15) is 5.69 Å². The molecule has 5 heteroatoms. The summed E-state index contributed by atoms with van der Waals surface area (Å²) in [5, 5.41) is 3.55. The molecule has 1 heterocycles. The average molecular weight is 281 g/mol. The Morgan fingerprint density at radius 2 is 1.94 bits per heavy atom. The summed E-state index contributed by atoms with van der Waals surface area (Å²) in [6.07, 6.45) is 0. The van der Waals surface area contributed by atoms with Crippen LogP contribution in [0.15, 0.2) is 36.4 Å². The smallest absolute Gasteiger partial charge is 0.274 e. The minimum absolute atomic E-state index is 0.280. The van der Waals surface area contributed by atoms with E-state index in [1.54, 1.807) is 30.3 Å². The van der Waals surface area contributed by atoms with E-state index in [2.05, 4.69) is 10.3 Å². The molecule has 0 aliphatic carbocycles. The van der Waals surface area contributed by atoms with Crippen molar-refractivity contribution in [3.05, 3.63) is 57.8 Å². The maximum Gasteiger partial charge on any atom is 0.274 e. The third-order valence-corrected chi connectivity index (χ3v) is 3.04. The molecule has 0 unspecified atom stereocenters. The zero-order valence-corrected chi connectivity index (χ0v) is 11.1. The lowest BCUT2D eigenvalue weighted by molar-refractivity contribution is 0.102. The van der Waals surface area contributed by atoms with Gasteiger partial charge in [0.05, 0.1) is 10.0 Å². The van der Waals surface area contributed by atoms with E-state index in [1.807, 2.05) is 13.0 Å². The molecule has 1 amide bonds. The van der Waals surface area contributed by atoms with E-state index in [9.17, 15) is 4.79 Å². The van der Waals surface area contributed by atoms with Gasteiger partial charge in [-0.2, -0.15) is 0 Å². The van der Waals surface area contributed by atoms with Crippen molar-refractivity contribution in [2.75, 3.05) is 5.32 Å². The number of nitrogens with one attached hydrogen (secondary N) is 1. The molecule has 0 saturated heterocycles. The molecule has 3 nitrogen and oxygen atoms in total. The molecular formula is C13H10Cl2N2O. The lowest BCUT2D eigenvalue weighted by Gasteiger charge is -2.06. The van der Waals surface area contributed by atoms with Crippen LogP contribution in [0.5, 0.6) is 0 Å². The number of aromatic nitrogens is 1. The third-order valence-electron chi connectivity index (χ3n) is 2.30. The summed E-state index contributed by atoms with van der Waals surface area (Å²) >= 11 is 11.7. The van der Waals surface area contributed by atoms with Gasteiger partial charge in [-0.1, -0.05) is 29.3 Å². The Bertz CT molecular complexity index is 599. The molecule has 0 radical (unpaired) electrons.